The van der Waals surface area contributed by atoms with Gasteiger partial charge in [0.1, 0.15) is 0 Å². The van der Waals surface area contributed by atoms with E-state index in [2.05, 4.69) is 24.4 Å². The van der Waals surface area contributed by atoms with Crippen LogP contribution in [0.4, 0.5) is 0 Å². The third-order valence-corrected chi connectivity index (χ3v) is 2.88. The molecule has 0 aliphatic carbocycles. The van der Waals surface area contributed by atoms with Crippen LogP contribution in [0.25, 0.3) is 0 Å². The van der Waals surface area contributed by atoms with Crippen LogP contribution in [0.2, 0.25) is 0 Å². The van der Waals surface area contributed by atoms with Gasteiger partial charge in [-0.1, -0.05) is 13.8 Å². The molecule has 1 saturated heterocycles. The van der Waals surface area contributed by atoms with Gasteiger partial charge in [0.2, 0.25) is 5.84 Å². The molecule has 1 aliphatic heterocycles. The number of carbonyl (C=O) groups is 1. The molecule has 0 amide bonds. The van der Waals surface area contributed by atoms with Crippen molar-refractivity contribution >= 4 is 11.8 Å². The van der Waals surface area contributed by atoms with Crippen molar-refractivity contribution in [3.8, 4) is 0 Å². The molecule has 0 aromatic heterocycles. The summed E-state index contributed by atoms with van der Waals surface area (Å²) in [5.74, 6) is 0.736. The highest BCUT2D eigenvalue weighted by atomic mass is 16.5. The van der Waals surface area contributed by atoms with Crippen LogP contribution in [0.1, 0.15) is 40.0 Å². The molecule has 0 atom stereocenters. The minimum Gasteiger partial charge on any atom is -0.460 e. The molecule has 1 fully saturated rings. The first-order valence-corrected chi connectivity index (χ1v) is 6.87. The lowest BCUT2D eigenvalue weighted by molar-refractivity contribution is -0.135. The Hall–Kier alpha value is -1.26. The molecule has 18 heavy (non-hydrogen) atoms. The first-order chi connectivity index (χ1) is 8.65. The summed E-state index contributed by atoms with van der Waals surface area (Å²) in [4.78, 5) is 13.8. The lowest BCUT2D eigenvalue weighted by atomic mass is 10.1. The van der Waals surface area contributed by atoms with Crippen molar-refractivity contribution in [1.29, 1.82) is 0 Å². The van der Waals surface area contributed by atoms with Crippen molar-refractivity contribution < 1.29 is 9.53 Å². The van der Waals surface area contributed by atoms with E-state index in [9.17, 15) is 4.79 Å². The number of rotatable bonds is 5. The summed E-state index contributed by atoms with van der Waals surface area (Å²) >= 11 is 0. The number of likely N-dealkylation sites (tertiary alicyclic amines) is 1. The smallest absolute Gasteiger partial charge is 0.375 e. The molecule has 104 valence electrons. The quantitative estimate of drug-likeness (QED) is 0.266. The van der Waals surface area contributed by atoms with Gasteiger partial charge in [0, 0.05) is 19.6 Å². The van der Waals surface area contributed by atoms with Crippen LogP contribution in [0, 0.1) is 5.92 Å². The van der Waals surface area contributed by atoms with Gasteiger partial charge < -0.3 is 15.1 Å². The molecule has 5 nitrogen and oxygen atoms in total. The molecular weight excluding hydrogens is 230 g/mol. The predicted molar refractivity (Wildman–Crippen MR) is 72.3 cm³/mol. The summed E-state index contributed by atoms with van der Waals surface area (Å²) in [5.41, 5.74) is 2.98. The molecule has 0 aromatic carbocycles. The molecule has 1 heterocycles. The van der Waals surface area contributed by atoms with E-state index in [1.807, 2.05) is 11.8 Å². The number of carbonyl (C=O) groups excluding carboxylic acids is 1. The Balaban J connectivity index is 2.52. The normalized spacial score (nSPS) is 16.2. The van der Waals surface area contributed by atoms with Gasteiger partial charge in [-0.05, 0) is 32.1 Å². The molecule has 0 aromatic rings. The fourth-order valence-corrected chi connectivity index (χ4v) is 1.85. The van der Waals surface area contributed by atoms with Crippen LogP contribution in [-0.2, 0) is 9.53 Å². The van der Waals surface area contributed by atoms with Gasteiger partial charge in [0.05, 0.1) is 6.61 Å². The van der Waals surface area contributed by atoms with Gasteiger partial charge in [-0.2, -0.15) is 5.10 Å². The van der Waals surface area contributed by atoms with E-state index in [0.717, 1.165) is 38.9 Å². The maximum atomic E-state index is 11.8. The summed E-state index contributed by atoms with van der Waals surface area (Å²) < 4.78 is 5.04. The number of esters is 1. The van der Waals surface area contributed by atoms with E-state index >= 15 is 0 Å². The van der Waals surface area contributed by atoms with Gasteiger partial charge in [-0.15, -0.1) is 0 Å². The Morgan fingerprint density at radius 3 is 2.61 bits per heavy atom. The SMILES string of the molecule is CCOC(=O)/C(=N/NCCC(C)C)N1CCCC1. The minimum atomic E-state index is -0.323. The highest BCUT2D eigenvalue weighted by Crippen LogP contribution is 2.09. The molecule has 0 bridgehead atoms. The fraction of sp³-hybridized carbons (Fsp3) is 0.846. The lowest BCUT2D eigenvalue weighted by Gasteiger charge is -2.18. The van der Waals surface area contributed by atoms with Gasteiger partial charge in [-0.3, -0.25) is 0 Å². The Bertz CT molecular complexity index is 284. The summed E-state index contributed by atoms with van der Waals surface area (Å²) in [7, 11) is 0. The number of ether oxygens (including phenoxy) is 1. The van der Waals surface area contributed by atoms with E-state index in [4.69, 9.17) is 4.74 Å². The van der Waals surface area contributed by atoms with Crippen LogP contribution >= 0.6 is 0 Å². The van der Waals surface area contributed by atoms with Gasteiger partial charge in [0.25, 0.3) is 0 Å². The topological polar surface area (TPSA) is 53.9 Å². The van der Waals surface area contributed by atoms with Crippen molar-refractivity contribution in [3.63, 3.8) is 0 Å². The highest BCUT2D eigenvalue weighted by molar-refractivity contribution is 6.35. The third kappa shape index (κ3) is 4.94. The molecule has 1 aliphatic rings. The number of nitrogens with zero attached hydrogens (tertiary/aromatic N) is 2. The Morgan fingerprint density at radius 1 is 1.39 bits per heavy atom. The fourth-order valence-electron chi connectivity index (χ4n) is 1.85. The second-order valence-corrected chi connectivity index (χ2v) is 4.94. The molecule has 5 heteroatoms. The van der Waals surface area contributed by atoms with Crippen LogP contribution in [-0.4, -0.2) is 42.9 Å². The number of amidine groups is 1. The summed E-state index contributed by atoms with van der Waals surface area (Å²) in [6.07, 6.45) is 3.27. The monoisotopic (exact) mass is 255 g/mol. The predicted octanol–water partition coefficient (Wildman–Crippen LogP) is 1.59. The first-order valence-electron chi connectivity index (χ1n) is 6.87. The third-order valence-electron chi connectivity index (χ3n) is 2.88. The van der Waals surface area contributed by atoms with E-state index in [1.54, 1.807) is 0 Å². The average molecular weight is 255 g/mol. The van der Waals surface area contributed by atoms with Gasteiger partial charge in [0.15, 0.2) is 0 Å². The van der Waals surface area contributed by atoms with Crippen LogP contribution in [0.3, 0.4) is 0 Å². The van der Waals surface area contributed by atoms with E-state index in [1.165, 1.54) is 0 Å². The summed E-state index contributed by atoms with van der Waals surface area (Å²) in [5, 5.41) is 4.21. The number of hydrazone groups is 1. The molecule has 0 radical (unpaired) electrons. The largest absolute Gasteiger partial charge is 0.460 e. The molecule has 0 saturated carbocycles. The van der Waals surface area contributed by atoms with Crippen molar-refractivity contribution in [2.75, 3.05) is 26.2 Å². The van der Waals surface area contributed by atoms with Crippen molar-refractivity contribution in [2.45, 2.75) is 40.0 Å². The standard InChI is InChI=1S/C13H25N3O2/c1-4-18-13(17)12(16-9-5-6-10-16)15-14-8-7-11(2)3/h11,14H,4-10H2,1-3H3/b15-12-. The molecule has 0 unspecified atom stereocenters. The second-order valence-electron chi connectivity index (χ2n) is 4.94. The van der Waals surface area contributed by atoms with E-state index in [-0.39, 0.29) is 5.97 Å². The average Bonchev–Trinajstić information content (AvgIpc) is 2.82. The number of hydrogen-bond acceptors (Lipinski definition) is 4. The van der Waals surface area contributed by atoms with E-state index in [0.29, 0.717) is 18.4 Å². The first kappa shape index (κ1) is 14.8. The molecule has 0 spiro atoms. The highest BCUT2D eigenvalue weighted by Gasteiger charge is 2.23. The maximum Gasteiger partial charge on any atom is 0.375 e. The zero-order chi connectivity index (χ0) is 13.4. The Labute approximate surface area is 110 Å². The Kier molecular flexibility index (Phi) is 6.54. The molecule has 1 N–H and O–H groups in total. The maximum absolute atomic E-state index is 11.8. The lowest BCUT2D eigenvalue weighted by Crippen LogP contribution is -2.37. The van der Waals surface area contributed by atoms with Gasteiger partial charge in [-0.25, -0.2) is 4.79 Å². The van der Waals surface area contributed by atoms with Crippen molar-refractivity contribution in [3.05, 3.63) is 0 Å². The summed E-state index contributed by atoms with van der Waals surface area (Å²) in [6, 6.07) is 0. The molecular formula is C13H25N3O2. The summed E-state index contributed by atoms with van der Waals surface area (Å²) in [6.45, 7) is 9.10. The zero-order valence-electron chi connectivity index (χ0n) is 11.7. The van der Waals surface area contributed by atoms with Crippen LogP contribution < -0.4 is 5.43 Å². The molecule has 1 rings (SSSR count). The van der Waals surface area contributed by atoms with Gasteiger partial charge >= 0.3 is 5.97 Å². The van der Waals surface area contributed by atoms with Crippen molar-refractivity contribution in [1.82, 2.24) is 10.3 Å². The zero-order valence-corrected chi connectivity index (χ0v) is 11.7. The minimum absolute atomic E-state index is 0.323. The van der Waals surface area contributed by atoms with Crippen LogP contribution in [0.5, 0.6) is 0 Å². The van der Waals surface area contributed by atoms with Crippen LogP contribution in [0.15, 0.2) is 5.10 Å². The second kappa shape index (κ2) is 7.95. The number of nitrogens with one attached hydrogen (secondary N) is 1. The van der Waals surface area contributed by atoms with Crippen molar-refractivity contribution in [2.24, 2.45) is 11.0 Å². The Morgan fingerprint density at radius 2 is 2.06 bits per heavy atom. The number of hydrogen-bond donors (Lipinski definition) is 1. The van der Waals surface area contributed by atoms with E-state index < -0.39 is 0 Å².